The fourth-order valence-electron chi connectivity index (χ4n) is 2.74. The van der Waals surface area contributed by atoms with Crippen LogP contribution in [-0.4, -0.2) is 43.3 Å². The highest BCUT2D eigenvalue weighted by molar-refractivity contribution is 7.92. The van der Waals surface area contributed by atoms with Gasteiger partial charge in [-0.05, 0) is 32.1 Å². The van der Waals surface area contributed by atoms with Gasteiger partial charge in [-0.25, -0.2) is 8.42 Å². The SMILES string of the molecule is CS(=O)(=O)C12CCCCN(CCC1)C2=O. The van der Waals surface area contributed by atoms with Gasteiger partial charge < -0.3 is 4.90 Å². The van der Waals surface area contributed by atoms with Crippen LogP contribution < -0.4 is 0 Å². The minimum absolute atomic E-state index is 0.145. The van der Waals surface area contributed by atoms with Gasteiger partial charge in [-0.3, -0.25) is 4.79 Å². The van der Waals surface area contributed by atoms with Crippen LogP contribution in [0.2, 0.25) is 0 Å². The summed E-state index contributed by atoms with van der Waals surface area (Å²) in [4.78, 5) is 13.9. The molecule has 0 aromatic rings. The number of amides is 1. The third-order valence-corrected chi connectivity index (χ3v) is 5.66. The summed E-state index contributed by atoms with van der Waals surface area (Å²) in [5, 5.41) is 0. The van der Waals surface area contributed by atoms with Gasteiger partial charge >= 0.3 is 0 Å². The fourth-order valence-corrected chi connectivity index (χ4v) is 4.22. The Labute approximate surface area is 90.6 Å². The Morgan fingerprint density at radius 2 is 1.73 bits per heavy atom. The van der Waals surface area contributed by atoms with E-state index in [9.17, 15) is 13.2 Å². The number of piperidine rings is 1. The zero-order chi connectivity index (χ0) is 11.1. The standard InChI is InChI=1S/C10H17NO3S/c1-15(13,14)10-5-2-3-7-11(9(10)12)8-4-6-10/h2-8H2,1H3. The maximum atomic E-state index is 12.1. The number of hydrogen-bond acceptors (Lipinski definition) is 3. The highest BCUT2D eigenvalue weighted by atomic mass is 32.2. The predicted octanol–water partition coefficient (Wildman–Crippen LogP) is 0.576. The Kier molecular flexibility index (Phi) is 2.53. The van der Waals surface area contributed by atoms with Gasteiger partial charge in [0.05, 0.1) is 0 Å². The topological polar surface area (TPSA) is 54.5 Å². The highest BCUT2D eigenvalue weighted by Gasteiger charge is 2.52. The molecule has 5 heteroatoms. The predicted molar refractivity (Wildman–Crippen MR) is 57.2 cm³/mol. The number of sulfone groups is 1. The largest absolute Gasteiger partial charge is 0.341 e. The molecule has 2 aliphatic heterocycles. The molecular formula is C10H17NO3S. The molecule has 86 valence electrons. The Hall–Kier alpha value is -0.580. The minimum atomic E-state index is -3.28. The molecule has 1 amide bonds. The summed E-state index contributed by atoms with van der Waals surface area (Å²) < 4.78 is 22.6. The van der Waals surface area contributed by atoms with Crippen molar-refractivity contribution in [1.29, 1.82) is 0 Å². The van der Waals surface area contributed by atoms with Gasteiger partial charge in [-0.2, -0.15) is 0 Å². The molecular weight excluding hydrogens is 214 g/mol. The van der Waals surface area contributed by atoms with Crippen LogP contribution in [0.25, 0.3) is 0 Å². The van der Waals surface area contributed by atoms with Crippen molar-refractivity contribution in [3.8, 4) is 0 Å². The first-order chi connectivity index (χ1) is 6.97. The Morgan fingerprint density at radius 3 is 2.40 bits per heavy atom. The molecule has 2 bridgehead atoms. The van der Waals surface area contributed by atoms with Gasteiger partial charge in [-0.1, -0.05) is 0 Å². The van der Waals surface area contributed by atoms with Crippen LogP contribution in [0.15, 0.2) is 0 Å². The third kappa shape index (κ3) is 1.57. The average molecular weight is 231 g/mol. The number of hydrogen-bond donors (Lipinski definition) is 0. The van der Waals surface area contributed by atoms with E-state index in [1.165, 1.54) is 6.26 Å². The van der Waals surface area contributed by atoms with Crippen molar-refractivity contribution >= 4 is 15.7 Å². The first kappa shape index (κ1) is 10.9. The van der Waals surface area contributed by atoms with E-state index in [-0.39, 0.29) is 5.91 Å². The molecule has 2 heterocycles. The van der Waals surface area contributed by atoms with E-state index in [1.54, 1.807) is 4.90 Å². The summed E-state index contributed by atoms with van der Waals surface area (Å²) in [5.74, 6) is -0.145. The molecule has 0 radical (unpaired) electrons. The smallest absolute Gasteiger partial charge is 0.244 e. The fraction of sp³-hybridized carbons (Fsp3) is 0.900. The lowest BCUT2D eigenvalue weighted by Crippen LogP contribution is -2.56. The number of rotatable bonds is 1. The average Bonchev–Trinajstić information content (AvgIpc) is 2.27. The van der Waals surface area contributed by atoms with Crippen LogP contribution in [0.3, 0.4) is 0 Å². The molecule has 1 atom stereocenters. The second-order valence-electron chi connectivity index (χ2n) is 4.62. The quantitative estimate of drug-likeness (QED) is 0.663. The molecule has 2 aliphatic rings. The molecule has 15 heavy (non-hydrogen) atoms. The first-order valence-electron chi connectivity index (χ1n) is 5.46. The Morgan fingerprint density at radius 1 is 1.13 bits per heavy atom. The molecule has 0 aliphatic carbocycles. The minimum Gasteiger partial charge on any atom is -0.341 e. The van der Waals surface area contributed by atoms with Gasteiger partial charge in [0.15, 0.2) is 14.6 Å². The van der Waals surface area contributed by atoms with Crippen LogP contribution in [0, 0.1) is 0 Å². The summed E-state index contributed by atoms with van der Waals surface area (Å²) >= 11 is 0. The van der Waals surface area contributed by atoms with Crippen molar-refractivity contribution in [2.45, 2.75) is 36.9 Å². The van der Waals surface area contributed by atoms with Crippen molar-refractivity contribution in [3.05, 3.63) is 0 Å². The molecule has 2 rings (SSSR count). The van der Waals surface area contributed by atoms with E-state index in [4.69, 9.17) is 0 Å². The normalized spacial score (nSPS) is 32.6. The highest BCUT2D eigenvalue weighted by Crippen LogP contribution is 2.37. The molecule has 0 saturated carbocycles. The van der Waals surface area contributed by atoms with Gasteiger partial charge in [0.1, 0.15) is 0 Å². The van der Waals surface area contributed by atoms with E-state index in [0.717, 1.165) is 32.4 Å². The molecule has 2 fully saturated rings. The van der Waals surface area contributed by atoms with E-state index >= 15 is 0 Å². The number of nitrogens with zero attached hydrogens (tertiary/aromatic N) is 1. The molecule has 1 unspecified atom stereocenters. The zero-order valence-corrected chi connectivity index (χ0v) is 9.85. The van der Waals surface area contributed by atoms with Crippen molar-refractivity contribution in [3.63, 3.8) is 0 Å². The molecule has 0 aromatic heterocycles. The van der Waals surface area contributed by atoms with Crippen LogP contribution in [0.4, 0.5) is 0 Å². The summed E-state index contributed by atoms with van der Waals surface area (Å²) in [7, 11) is -3.28. The Bertz CT molecular complexity index is 376. The number of carbonyl (C=O) groups excluding carboxylic acids is 1. The molecule has 0 N–H and O–H groups in total. The van der Waals surface area contributed by atoms with Crippen LogP contribution >= 0.6 is 0 Å². The summed E-state index contributed by atoms with van der Waals surface area (Å²) in [6.45, 7) is 1.46. The monoisotopic (exact) mass is 231 g/mol. The second-order valence-corrected chi connectivity index (χ2v) is 6.95. The number of carbonyl (C=O) groups is 1. The van der Waals surface area contributed by atoms with Crippen molar-refractivity contribution in [2.75, 3.05) is 19.3 Å². The first-order valence-corrected chi connectivity index (χ1v) is 7.35. The lowest BCUT2D eigenvalue weighted by atomic mass is 9.93. The third-order valence-electron chi connectivity index (χ3n) is 3.65. The maximum absolute atomic E-state index is 12.1. The van der Waals surface area contributed by atoms with Crippen LogP contribution in [0.1, 0.15) is 32.1 Å². The summed E-state index contributed by atoms with van der Waals surface area (Å²) in [6.07, 6.45) is 4.83. The van der Waals surface area contributed by atoms with E-state index in [1.807, 2.05) is 0 Å². The second kappa shape index (κ2) is 3.47. The van der Waals surface area contributed by atoms with Gasteiger partial charge in [0, 0.05) is 19.3 Å². The van der Waals surface area contributed by atoms with E-state index in [0.29, 0.717) is 12.8 Å². The Balaban J connectivity index is 2.46. The van der Waals surface area contributed by atoms with Gasteiger partial charge in [-0.15, -0.1) is 0 Å². The molecule has 0 spiro atoms. The molecule has 0 aromatic carbocycles. The lowest BCUT2D eigenvalue weighted by molar-refractivity contribution is -0.135. The molecule has 4 nitrogen and oxygen atoms in total. The van der Waals surface area contributed by atoms with Crippen molar-refractivity contribution in [1.82, 2.24) is 4.90 Å². The number of fused-ring (bicyclic) bond motifs is 2. The van der Waals surface area contributed by atoms with Crippen LogP contribution in [0.5, 0.6) is 0 Å². The summed E-state index contributed by atoms with van der Waals surface area (Å²) in [6, 6.07) is 0. The van der Waals surface area contributed by atoms with Crippen LogP contribution in [-0.2, 0) is 14.6 Å². The summed E-state index contributed by atoms with van der Waals surface area (Å²) in [5.41, 5.74) is 0. The van der Waals surface area contributed by atoms with E-state index in [2.05, 4.69) is 0 Å². The van der Waals surface area contributed by atoms with E-state index < -0.39 is 14.6 Å². The lowest BCUT2D eigenvalue weighted by Gasteiger charge is -2.38. The van der Waals surface area contributed by atoms with Gasteiger partial charge in [0.25, 0.3) is 0 Å². The maximum Gasteiger partial charge on any atom is 0.244 e. The zero-order valence-electron chi connectivity index (χ0n) is 9.03. The van der Waals surface area contributed by atoms with Crippen molar-refractivity contribution in [2.24, 2.45) is 0 Å². The van der Waals surface area contributed by atoms with Gasteiger partial charge in [0.2, 0.25) is 5.91 Å². The molecule has 2 saturated heterocycles. The van der Waals surface area contributed by atoms with Crippen molar-refractivity contribution < 1.29 is 13.2 Å².